The molecule has 1 aliphatic heterocycles. The molecular weight excluding hydrogens is 268 g/mol. The molecule has 0 spiro atoms. The number of ether oxygens (including phenoxy) is 2. The van der Waals surface area contributed by atoms with Crippen molar-refractivity contribution in [1.29, 1.82) is 0 Å². The number of likely N-dealkylation sites (tertiary alicyclic amines) is 1. The summed E-state index contributed by atoms with van der Waals surface area (Å²) in [4.78, 5) is 13.9. The smallest absolute Gasteiger partial charge is 0.410 e. The Bertz CT molecular complexity index is 337. The summed E-state index contributed by atoms with van der Waals surface area (Å²) in [6.45, 7) is 14.8. The van der Waals surface area contributed by atoms with Crippen molar-refractivity contribution in [2.75, 3.05) is 26.2 Å². The molecule has 1 N–H and O–H groups in total. The average molecular weight is 300 g/mol. The van der Waals surface area contributed by atoms with Gasteiger partial charge in [0.15, 0.2) is 0 Å². The summed E-state index contributed by atoms with van der Waals surface area (Å²) in [6.07, 6.45) is 1.88. The van der Waals surface area contributed by atoms with Gasteiger partial charge < -0.3 is 19.7 Å². The number of hydrogen-bond donors (Lipinski definition) is 1. The highest BCUT2D eigenvalue weighted by Gasteiger charge is 2.28. The van der Waals surface area contributed by atoms with Gasteiger partial charge in [-0.15, -0.1) is 0 Å². The van der Waals surface area contributed by atoms with Crippen LogP contribution >= 0.6 is 0 Å². The molecule has 1 rings (SSSR count). The Kier molecular flexibility index (Phi) is 6.47. The van der Waals surface area contributed by atoms with Gasteiger partial charge in [0, 0.05) is 32.3 Å². The molecule has 0 aromatic heterocycles. The van der Waals surface area contributed by atoms with Gasteiger partial charge in [0.05, 0.1) is 5.60 Å². The van der Waals surface area contributed by atoms with Gasteiger partial charge in [0.2, 0.25) is 0 Å². The van der Waals surface area contributed by atoms with Crippen LogP contribution in [0.2, 0.25) is 0 Å². The first kappa shape index (κ1) is 18.2. The van der Waals surface area contributed by atoms with Crippen molar-refractivity contribution in [3.05, 3.63) is 0 Å². The van der Waals surface area contributed by atoms with Gasteiger partial charge in [-0.05, 0) is 54.4 Å². The Balaban J connectivity index is 2.43. The molecule has 1 saturated heterocycles. The van der Waals surface area contributed by atoms with Gasteiger partial charge in [-0.1, -0.05) is 0 Å². The molecular formula is C16H32N2O3. The minimum Gasteiger partial charge on any atom is -0.444 e. The van der Waals surface area contributed by atoms with Crippen LogP contribution in [0.1, 0.15) is 54.4 Å². The van der Waals surface area contributed by atoms with Gasteiger partial charge in [0.25, 0.3) is 0 Å². The maximum Gasteiger partial charge on any atom is 0.410 e. The number of nitrogens with one attached hydrogen (secondary N) is 1. The molecule has 1 fully saturated rings. The summed E-state index contributed by atoms with van der Waals surface area (Å²) in [5.41, 5.74) is -0.614. The number of rotatable bonds is 5. The third kappa shape index (κ3) is 7.14. The van der Waals surface area contributed by atoms with Crippen LogP contribution in [0.5, 0.6) is 0 Å². The minimum absolute atomic E-state index is 0.178. The third-order valence-electron chi connectivity index (χ3n) is 3.42. The van der Waals surface area contributed by atoms with Crippen LogP contribution in [0.25, 0.3) is 0 Å². The molecule has 1 unspecified atom stereocenters. The number of nitrogens with zero attached hydrogens (tertiary/aromatic N) is 1. The van der Waals surface area contributed by atoms with Gasteiger partial charge in [0.1, 0.15) is 5.60 Å². The highest BCUT2D eigenvalue weighted by molar-refractivity contribution is 5.68. The summed E-state index contributed by atoms with van der Waals surface area (Å²) in [5, 5.41) is 3.52. The molecule has 0 aliphatic carbocycles. The predicted octanol–water partition coefficient (Wildman–Crippen LogP) is 2.79. The zero-order valence-corrected chi connectivity index (χ0v) is 14.5. The highest BCUT2D eigenvalue weighted by Crippen LogP contribution is 2.16. The molecule has 1 aliphatic rings. The second kappa shape index (κ2) is 7.45. The van der Waals surface area contributed by atoms with E-state index in [4.69, 9.17) is 9.47 Å². The fourth-order valence-corrected chi connectivity index (χ4v) is 2.47. The van der Waals surface area contributed by atoms with E-state index in [1.807, 2.05) is 27.7 Å². The van der Waals surface area contributed by atoms with Gasteiger partial charge in [-0.3, -0.25) is 0 Å². The van der Waals surface area contributed by atoms with Crippen molar-refractivity contribution >= 4 is 6.09 Å². The van der Waals surface area contributed by atoms with Crippen molar-refractivity contribution < 1.29 is 14.3 Å². The lowest BCUT2D eigenvalue weighted by atomic mass is 10.0. The first-order chi connectivity index (χ1) is 9.63. The first-order valence-electron chi connectivity index (χ1n) is 7.98. The zero-order chi connectivity index (χ0) is 16.1. The largest absolute Gasteiger partial charge is 0.444 e. The van der Waals surface area contributed by atoms with Crippen LogP contribution in [0.4, 0.5) is 4.79 Å². The van der Waals surface area contributed by atoms with Crippen LogP contribution in [-0.2, 0) is 9.47 Å². The van der Waals surface area contributed by atoms with Crippen molar-refractivity contribution in [1.82, 2.24) is 10.2 Å². The molecule has 21 heavy (non-hydrogen) atoms. The molecule has 0 aromatic rings. The molecule has 124 valence electrons. The molecule has 1 amide bonds. The predicted molar refractivity (Wildman–Crippen MR) is 84.5 cm³/mol. The van der Waals surface area contributed by atoms with E-state index < -0.39 is 5.60 Å². The van der Waals surface area contributed by atoms with E-state index >= 15 is 0 Å². The molecule has 0 radical (unpaired) electrons. The highest BCUT2D eigenvalue weighted by atomic mass is 16.6. The van der Waals surface area contributed by atoms with E-state index in [-0.39, 0.29) is 11.7 Å². The molecule has 0 aromatic carbocycles. The molecule has 5 heteroatoms. The standard InChI is InChI=1S/C16H32N2O3/c1-7-20-16(5,6)12-17-13-9-8-10-18(11-13)14(19)21-15(2,3)4/h13,17H,7-12H2,1-6H3. The fourth-order valence-electron chi connectivity index (χ4n) is 2.47. The first-order valence-corrected chi connectivity index (χ1v) is 7.98. The van der Waals surface area contributed by atoms with Gasteiger partial charge in [-0.2, -0.15) is 0 Å². The lowest BCUT2D eigenvalue weighted by Gasteiger charge is -2.36. The Morgan fingerprint density at radius 3 is 2.52 bits per heavy atom. The summed E-state index contributed by atoms with van der Waals surface area (Å²) < 4.78 is 11.1. The molecule has 0 saturated carbocycles. The lowest BCUT2D eigenvalue weighted by molar-refractivity contribution is -0.0134. The maximum absolute atomic E-state index is 12.1. The second-order valence-electron chi connectivity index (χ2n) is 7.34. The van der Waals surface area contributed by atoms with E-state index in [1.54, 1.807) is 4.90 Å². The summed E-state index contributed by atoms with van der Waals surface area (Å²) in [7, 11) is 0. The SMILES string of the molecule is CCOC(C)(C)CNC1CCCN(C(=O)OC(C)(C)C)C1. The summed E-state index contributed by atoms with van der Waals surface area (Å²) in [5.74, 6) is 0. The van der Waals surface area contributed by atoms with E-state index in [9.17, 15) is 4.79 Å². The number of hydrogen-bond acceptors (Lipinski definition) is 4. The van der Waals surface area contributed by atoms with E-state index in [0.717, 1.165) is 25.9 Å². The Morgan fingerprint density at radius 1 is 1.29 bits per heavy atom. The molecule has 1 heterocycles. The van der Waals surface area contributed by atoms with Crippen molar-refractivity contribution in [3.8, 4) is 0 Å². The van der Waals surface area contributed by atoms with Crippen molar-refractivity contribution in [2.45, 2.75) is 71.6 Å². The molecule has 1 atom stereocenters. The van der Waals surface area contributed by atoms with E-state index in [1.165, 1.54) is 0 Å². The van der Waals surface area contributed by atoms with Crippen LogP contribution in [0.15, 0.2) is 0 Å². The van der Waals surface area contributed by atoms with Crippen LogP contribution < -0.4 is 5.32 Å². The average Bonchev–Trinajstić information content (AvgIpc) is 2.35. The van der Waals surface area contributed by atoms with E-state index in [2.05, 4.69) is 19.2 Å². The van der Waals surface area contributed by atoms with Crippen LogP contribution in [-0.4, -0.2) is 54.5 Å². The number of carbonyl (C=O) groups excluding carboxylic acids is 1. The monoisotopic (exact) mass is 300 g/mol. The Morgan fingerprint density at radius 2 is 1.95 bits per heavy atom. The number of carbonyl (C=O) groups is 1. The normalized spacial score (nSPS) is 20.5. The summed E-state index contributed by atoms with van der Waals surface area (Å²) >= 11 is 0. The fraction of sp³-hybridized carbons (Fsp3) is 0.938. The van der Waals surface area contributed by atoms with Crippen LogP contribution in [0, 0.1) is 0 Å². The summed E-state index contributed by atoms with van der Waals surface area (Å²) in [6, 6.07) is 0.311. The van der Waals surface area contributed by atoms with Crippen molar-refractivity contribution in [2.24, 2.45) is 0 Å². The topological polar surface area (TPSA) is 50.8 Å². The van der Waals surface area contributed by atoms with Gasteiger partial charge in [-0.25, -0.2) is 4.79 Å². The number of amides is 1. The van der Waals surface area contributed by atoms with Gasteiger partial charge >= 0.3 is 6.09 Å². The molecule has 0 bridgehead atoms. The Hall–Kier alpha value is -0.810. The second-order valence-corrected chi connectivity index (χ2v) is 7.34. The Labute approximate surface area is 129 Å². The quantitative estimate of drug-likeness (QED) is 0.848. The maximum atomic E-state index is 12.1. The van der Waals surface area contributed by atoms with Crippen molar-refractivity contribution in [3.63, 3.8) is 0 Å². The third-order valence-corrected chi connectivity index (χ3v) is 3.42. The van der Waals surface area contributed by atoms with Crippen LogP contribution in [0.3, 0.4) is 0 Å². The molecule has 5 nitrogen and oxygen atoms in total. The lowest BCUT2D eigenvalue weighted by Crippen LogP contribution is -2.52. The van der Waals surface area contributed by atoms with E-state index in [0.29, 0.717) is 19.2 Å². The minimum atomic E-state index is -0.436. The zero-order valence-electron chi connectivity index (χ0n) is 14.5. The number of piperidine rings is 1.